The van der Waals surface area contributed by atoms with Crippen LogP contribution in [0.25, 0.3) is 0 Å². The van der Waals surface area contributed by atoms with Gasteiger partial charge in [0.25, 0.3) is 0 Å². The summed E-state index contributed by atoms with van der Waals surface area (Å²) < 4.78 is 11.7. The minimum atomic E-state index is -0.848. The van der Waals surface area contributed by atoms with Crippen LogP contribution in [0.15, 0.2) is 29.4 Å². The van der Waals surface area contributed by atoms with Crippen molar-refractivity contribution < 1.29 is 24.5 Å². The quantitative estimate of drug-likeness (QED) is 0.460. The predicted octanol–water partition coefficient (Wildman–Crippen LogP) is 5.02. The number of phenolic OH excluding ortho intramolecular Hbond substituents is 1. The van der Waals surface area contributed by atoms with Crippen LogP contribution in [0.2, 0.25) is 0 Å². The highest BCUT2D eigenvalue weighted by atomic mass is 16.5. The van der Waals surface area contributed by atoms with Crippen LogP contribution in [0.5, 0.6) is 11.5 Å². The molecule has 164 valence electrons. The molecule has 0 spiro atoms. The number of rotatable bonds is 0. The van der Waals surface area contributed by atoms with Crippen molar-refractivity contribution in [3.63, 3.8) is 0 Å². The molecule has 30 heavy (non-hydrogen) atoms. The average Bonchev–Trinajstić information content (AvgIpc) is 2.64. The first-order valence-electron chi connectivity index (χ1n) is 10.9. The number of fused-ring (bicyclic) bond motifs is 3. The van der Waals surface area contributed by atoms with Gasteiger partial charge in [-0.25, -0.2) is 4.79 Å². The fourth-order valence-electron chi connectivity index (χ4n) is 4.17. The summed E-state index contributed by atoms with van der Waals surface area (Å²) in [4.78, 5) is 12.5. The molecule has 2 N–H and O–H groups in total. The summed E-state index contributed by atoms with van der Waals surface area (Å²) in [7, 11) is 0. The van der Waals surface area contributed by atoms with Crippen molar-refractivity contribution in [3.05, 3.63) is 46.1 Å². The van der Waals surface area contributed by atoms with E-state index < -0.39 is 17.7 Å². The van der Waals surface area contributed by atoms with Crippen molar-refractivity contribution in [2.24, 2.45) is 0 Å². The van der Waals surface area contributed by atoms with E-state index in [0.29, 0.717) is 25.0 Å². The number of allylic oxidation sites excluding steroid dienone is 4. The first-order valence-corrected chi connectivity index (χ1v) is 10.9. The van der Waals surface area contributed by atoms with Crippen LogP contribution < -0.4 is 4.74 Å². The molecule has 0 saturated carbocycles. The molecular formula is C25H34O5. The van der Waals surface area contributed by atoms with Crippen molar-refractivity contribution in [2.75, 3.05) is 0 Å². The largest absolute Gasteiger partial charge is 0.507 e. The molecule has 3 rings (SSSR count). The Morgan fingerprint density at radius 1 is 1.10 bits per heavy atom. The Bertz CT molecular complexity index is 878. The Morgan fingerprint density at radius 2 is 1.80 bits per heavy atom. The standard InChI is InChI=1S/C25H34O5/c1-15-7-6-8-16(2)10-12-22(27)25(4,5)30-21-14-20(26)23-19(18(21)11-9-15)13-17(3)29-24(23)28/h8-9,14,17,22,26-27H,6-7,10-13H2,1-5H3/b15-9+,16-8+/t17-,22+/m1/s1. The molecule has 0 unspecified atom stereocenters. The van der Waals surface area contributed by atoms with E-state index in [1.54, 1.807) is 0 Å². The Balaban J connectivity index is 2.11. The van der Waals surface area contributed by atoms with Gasteiger partial charge < -0.3 is 19.7 Å². The van der Waals surface area contributed by atoms with Gasteiger partial charge in [0.05, 0.1) is 6.10 Å². The number of carbonyl (C=O) groups is 1. The van der Waals surface area contributed by atoms with Crippen molar-refractivity contribution in [1.29, 1.82) is 0 Å². The van der Waals surface area contributed by atoms with Crippen LogP contribution in [0, 0.1) is 0 Å². The maximum atomic E-state index is 12.5. The summed E-state index contributed by atoms with van der Waals surface area (Å²) in [5.41, 5.74) is 3.60. The van der Waals surface area contributed by atoms with Crippen LogP contribution >= 0.6 is 0 Å². The van der Waals surface area contributed by atoms with Crippen molar-refractivity contribution in [3.8, 4) is 11.5 Å². The van der Waals surface area contributed by atoms with E-state index >= 15 is 0 Å². The Kier molecular flexibility index (Phi) is 6.61. The molecule has 1 aromatic rings. The lowest BCUT2D eigenvalue weighted by molar-refractivity contribution is -0.0327. The molecule has 0 fully saturated rings. The molecule has 2 atom stereocenters. The van der Waals surface area contributed by atoms with Crippen molar-refractivity contribution >= 4 is 5.97 Å². The second-order valence-corrected chi connectivity index (χ2v) is 9.25. The highest BCUT2D eigenvalue weighted by Gasteiger charge is 2.35. The highest BCUT2D eigenvalue weighted by molar-refractivity contribution is 5.96. The lowest BCUT2D eigenvalue weighted by Gasteiger charge is -2.34. The molecule has 0 radical (unpaired) electrons. The third kappa shape index (κ3) is 4.89. The number of cyclic esters (lactones) is 1. The fraction of sp³-hybridized carbons (Fsp3) is 0.560. The van der Waals surface area contributed by atoms with E-state index in [2.05, 4.69) is 26.0 Å². The number of esters is 1. The van der Waals surface area contributed by atoms with Crippen LogP contribution in [0.4, 0.5) is 0 Å². The third-order valence-corrected chi connectivity index (χ3v) is 6.17. The molecule has 2 heterocycles. The lowest BCUT2D eigenvalue weighted by Crippen LogP contribution is -2.42. The minimum absolute atomic E-state index is 0.133. The van der Waals surface area contributed by atoms with E-state index in [1.807, 2.05) is 20.8 Å². The van der Waals surface area contributed by atoms with Crippen molar-refractivity contribution in [2.45, 2.75) is 91.0 Å². The number of hydrogen-bond donors (Lipinski definition) is 2. The van der Waals surface area contributed by atoms with Gasteiger partial charge >= 0.3 is 5.97 Å². The van der Waals surface area contributed by atoms with E-state index in [-0.39, 0.29) is 17.4 Å². The normalized spacial score (nSPS) is 28.4. The van der Waals surface area contributed by atoms with Crippen molar-refractivity contribution in [1.82, 2.24) is 0 Å². The van der Waals surface area contributed by atoms with E-state index in [9.17, 15) is 15.0 Å². The zero-order valence-corrected chi connectivity index (χ0v) is 18.7. The number of ether oxygens (including phenoxy) is 2. The summed E-state index contributed by atoms with van der Waals surface area (Å²) >= 11 is 0. The molecule has 2 aliphatic rings. The third-order valence-electron chi connectivity index (χ3n) is 6.17. The minimum Gasteiger partial charge on any atom is -0.507 e. The van der Waals surface area contributed by atoms with Gasteiger partial charge in [0.1, 0.15) is 28.8 Å². The second-order valence-electron chi connectivity index (χ2n) is 9.25. The monoisotopic (exact) mass is 414 g/mol. The maximum Gasteiger partial charge on any atom is 0.342 e. The predicted molar refractivity (Wildman–Crippen MR) is 117 cm³/mol. The van der Waals surface area contributed by atoms with Gasteiger partial charge in [-0.3, -0.25) is 0 Å². The van der Waals surface area contributed by atoms with Gasteiger partial charge in [-0.15, -0.1) is 0 Å². The molecule has 5 heteroatoms. The number of aliphatic hydroxyl groups is 1. The van der Waals surface area contributed by atoms with Crippen LogP contribution in [0.3, 0.4) is 0 Å². The van der Waals surface area contributed by atoms with Gasteiger partial charge in [0.15, 0.2) is 0 Å². The topological polar surface area (TPSA) is 76.0 Å². The van der Waals surface area contributed by atoms with E-state index in [4.69, 9.17) is 9.47 Å². The lowest BCUT2D eigenvalue weighted by atomic mass is 9.89. The Labute approximate surface area is 179 Å². The van der Waals surface area contributed by atoms with Crippen LogP contribution in [0.1, 0.15) is 81.8 Å². The summed E-state index contributed by atoms with van der Waals surface area (Å²) in [6, 6.07) is 1.50. The fourth-order valence-corrected chi connectivity index (χ4v) is 4.17. The van der Waals surface area contributed by atoms with Gasteiger partial charge in [-0.1, -0.05) is 23.3 Å². The number of aromatic hydroxyl groups is 1. The molecule has 0 amide bonds. The molecule has 0 saturated heterocycles. The smallest absolute Gasteiger partial charge is 0.342 e. The molecule has 0 aromatic heterocycles. The average molecular weight is 415 g/mol. The summed E-state index contributed by atoms with van der Waals surface area (Å²) in [6.45, 7) is 9.80. The van der Waals surface area contributed by atoms with E-state index in [0.717, 1.165) is 30.4 Å². The number of benzene rings is 1. The highest BCUT2D eigenvalue weighted by Crippen LogP contribution is 2.40. The zero-order valence-electron chi connectivity index (χ0n) is 18.7. The number of hydrogen-bond acceptors (Lipinski definition) is 5. The maximum absolute atomic E-state index is 12.5. The summed E-state index contributed by atoms with van der Waals surface area (Å²) in [5.74, 6) is -0.110. The van der Waals surface area contributed by atoms with Gasteiger partial charge in [-0.05, 0) is 72.3 Å². The molecule has 0 aliphatic carbocycles. The summed E-state index contributed by atoms with van der Waals surface area (Å²) in [6.07, 6.45) is 7.93. The Morgan fingerprint density at radius 3 is 2.53 bits per heavy atom. The first kappa shape index (κ1) is 22.4. The van der Waals surface area contributed by atoms with Crippen LogP contribution in [-0.4, -0.2) is 34.0 Å². The SMILES string of the molecule is C/C1=C\Cc2c(cc(O)c3c2C[C@@H](C)OC3=O)OC(C)(C)[C@@H](O)CC/C(C)=C/CC1. The summed E-state index contributed by atoms with van der Waals surface area (Å²) in [5, 5.41) is 21.4. The molecule has 0 bridgehead atoms. The van der Waals surface area contributed by atoms with Crippen LogP contribution in [-0.2, 0) is 17.6 Å². The molecule has 2 aliphatic heterocycles. The van der Waals surface area contributed by atoms with E-state index in [1.165, 1.54) is 17.2 Å². The zero-order chi connectivity index (χ0) is 22.1. The molecular weight excluding hydrogens is 380 g/mol. The number of phenols is 1. The molecule has 1 aromatic carbocycles. The second kappa shape index (κ2) is 8.84. The molecule has 5 nitrogen and oxygen atoms in total. The van der Waals surface area contributed by atoms with Gasteiger partial charge in [-0.2, -0.15) is 0 Å². The Hall–Kier alpha value is -2.27. The number of aliphatic hydroxyl groups excluding tert-OH is 1. The van der Waals surface area contributed by atoms with Gasteiger partial charge in [0.2, 0.25) is 0 Å². The first-order chi connectivity index (χ1) is 14.1. The number of carbonyl (C=O) groups excluding carboxylic acids is 1. The van der Waals surface area contributed by atoms with Gasteiger partial charge in [0, 0.05) is 18.1 Å².